The van der Waals surface area contributed by atoms with E-state index in [0.29, 0.717) is 22.2 Å². The molecule has 0 saturated carbocycles. The number of carbonyl (C=O) groups excluding carboxylic acids is 1. The van der Waals surface area contributed by atoms with Crippen molar-refractivity contribution in [3.63, 3.8) is 0 Å². The number of fused-ring (bicyclic) bond motifs is 1. The van der Waals surface area contributed by atoms with E-state index >= 15 is 0 Å². The standard InChI is InChI=1S/C31H25ClIN3O5/c1-17-7-9-20(10-8-17)26(41-31(39)21-13-11-19(12-14-21)18-5-3-2-4-6-18)27-24(37)25(38)30(40-27)36-15-22(33)23-28(32)34-16-35-29(23)36/h2-16,24-27,30,37-38H,1H3/t24-,25+,26+,27-,30+/m0/s1. The summed E-state index contributed by atoms with van der Waals surface area (Å²) in [7, 11) is 0. The van der Waals surface area contributed by atoms with Gasteiger partial charge in [-0.1, -0.05) is 83.9 Å². The van der Waals surface area contributed by atoms with Gasteiger partial charge in [0, 0.05) is 9.77 Å². The second-order valence-electron chi connectivity index (χ2n) is 9.90. The summed E-state index contributed by atoms with van der Waals surface area (Å²) in [4.78, 5) is 21.8. The molecular formula is C31H25ClIN3O5. The molecule has 0 bridgehead atoms. The van der Waals surface area contributed by atoms with Crippen molar-refractivity contribution in [3.05, 3.63) is 117 Å². The number of rotatable bonds is 6. The maximum absolute atomic E-state index is 13.4. The van der Waals surface area contributed by atoms with Crippen LogP contribution in [0.25, 0.3) is 22.2 Å². The highest BCUT2D eigenvalue weighted by molar-refractivity contribution is 14.1. The Labute approximate surface area is 254 Å². The van der Waals surface area contributed by atoms with Crippen molar-refractivity contribution >= 4 is 51.2 Å². The van der Waals surface area contributed by atoms with Gasteiger partial charge in [0.2, 0.25) is 0 Å². The van der Waals surface area contributed by atoms with Crippen molar-refractivity contribution in [2.45, 2.75) is 37.6 Å². The Morgan fingerprint density at radius 1 is 0.976 bits per heavy atom. The lowest BCUT2D eigenvalue weighted by Crippen LogP contribution is -2.36. The number of ether oxygens (including phenoxy) is 2. The minimum absolute atomic E-state index is 0.271. The molecule has 0 aliphatic carbocycles. The van der Waals surface area contributed by atoms with Crippen molar-refractivity contribution in [1.82, 2.24) is 14.5 Å². The summed E-state index contributed by atoms with van der Waals surface area (Å²) in [6.07, 6.45) is -2.74. The van der Waals surface area contributed by atoms with E-state index in [1.54, 1.807) is 22.9 Å². The van der Waals surface area contributed by atoms with Gasteiger partial charge in [0.15, 0.2) is 12.3 Å². The zero-order chi connectivity index (χ0) is 28.7. The fourth-order valence-corrected chi connectivity index (χ4v) is 6.24. The molecule has 41 heavy (non-hydrogen) atoms. The highest BCUT2D eigenvalue weighted by Gasteiger charge is 2.49. The van der Waals surface area contributed by atoms with Crippen LogP contribution in [0.4, 0.5) is 0 Å². The van der Waals surface area contributed by atoms with Crippen LogP contribution < -0.4 is 0 Å². The Morgan fingerprint density at radius 3 is 2.37 bits per heavy atom. The summed E-state index contributed by atoms with van der Waals surface area (Å²) >= 11 is 8.41. The SMILES string of the molecule is Cc1ccc([C@@H](OC(=O)c2ccc(-c3ccccc3)cc2)[C@H]2O[C@@H](n3cc(I)c4c(Cl)ncnc43)[C@H](O)[C@@H]2O)cc1. The number of halogens is 2. The van der Waals surface area contributed by atoms with E-state index in [4.69, 9.17) is 21.1 Å². The van der Waals surface area contributed by atoms with Gasteiger partial charge in [-0.15, -0.1) is 0 Å². The Morgan fingerprint density at radius 2 is 1.66 bits per heavy atom. The van der Waals surface area contributed by atoms with Crippen LogP contribution in [0.2, 0.25) is 5.15 Å². The first-order valence-electron chi connectivity index (χ1n) is 12.9. The molecule has 0 spiro atoms. The normalized spacial score (nSPS) is 21.2. The molecule has 3 aromatic carbocycles. The van der Waals surface area contributed by atoms with Gasteiger partial charge in [0.05, 0.1) is 10.9 Å². The quantitative estimate of drug-likeness (QED) is 0.131. The van der Waals surface area contributed by atoms with Crippen LogP contribution in [0.1, 0.15) is 33.8 Å². The van der Waals surface area contributed by atoms with E-state index in [-0.39, 0.29) is 5.15 Å². The molecule has 5 atom stereocenters. The minimum atomic E-state index is -1.37. The monoisotopic (exact) mass is 681 g/mol. The zero-order valence-corrected chi connectivity index (χ0v) is 24.7. The number of hydrogen-bond donors (Lipinski definition) is 2. The molecular weight excluding hydrogens is 657 g/mol. The molecule has 0 amide bonds. The fraction of sp³-hybridized carbons (Fsp3) is 0.194. The maximum atomic E-state index is 13.4. The molecule has 1 fully saturated rings. The molecule has 1 aliphatic rings. The fourth-order valence-electron chi connectivity index (χ4n) is 5.06. The van der Waals surface area contributed by atoms with Gasteiger partial charge in [-0.3, -0.25) is 0 Å². The lowest BCUT2D eigenvalue weighted by Gasteiger charge is -2.26. The second kappa shape index (κ2) is 11.5. The summed E-state index contributed by atoms with van der Waals surface area (Å²) in [6.45, 7) is 1.95. The van der Waals surface area contributed by atoms with Crippen molar-refractivity contribution < 1.29 is 24.5 Å². The Hall–Kier alpha value is -3.35. The number of aryl methyl sites for hydroxylation is 1. The average molecular weight is 682 g/mol. The van der Waals surface area contributed by atoms with E-state index in [0.717, 1.165) is 20.3 Å². The van der Waals surface area contributed by atoms with E-state index in [9.17, 15) is 15.0 Å². The Kier molecular flexibility index (Phi) is 7.80. The Bertz CT molecular complexity index is 1700. The van der Waals surface area contributed by atoms with Crippen LogP contribution in [-0.4, -0.2) is 49.0 Å². The number of carbonyl (C=O) groups is 1. The maximum Gasteiger partial charge on any atom is 0.338 e. The largest absolute Gasteiger partial charge is 0.451 e. The van der Waals surface area contributed by atoms with E-state index in [2.05, 4.69) is 32.6 Å². The number of hydrogen-bond acceptors (Lipinski definition) is 7. The number of nitrogens with zero attached hydrogens (tertiary/aromatic N) is 3. The molecule has 10 heteroatoms. The van der Waals surface area contributed by atoms with Crippen LogP contribution in [0.5, 0.6) is 0 Å². The highest BCUT2D eigenvalue weighted by atomic mass is 127. The predicted octanol–water partition coefficient (Wildman–Crippen LogP) is 5.88. The zero-order valence-electron chi connectivity index (χ0n) is 21.8. The number of esters is 1. The molecule has 0 radical (unpaired) electrons. The highest BCUT2D eigenvalue weighted by Crippen LogP contribution is 2.41. The number of aliphatic hydroxyl groups excluding tert-OH is 2. The van der Waals surface area contributed by atoms with Gasteiger partial charge < -0.3 is 24.3 Å². The third-order valence-corrected chi connectivity index (χ3v) is 8.34. The Balaban J connectivity index is 1.31. The molecule has 2 aromatic heterocycles. The molecule has 0 unspecified atom stereocenters. The van der Waals surface area contributed by atoms with E-state index in [1.165, 1.54) is 6.33 Å². The molecule has 8 nitrogen and oxygen atoms in total. The molecule has 2 N–H and O–H groups in total. The van der Waals surface area contributed by atoms with Crippen molar-refractivity contribution in [2.24, 2.45) is 0 Å². The van der Waals surface area contributed by atoms with Crippen molar-refractivity contribution in [1.29, 1.82) is 0 Å². The smallest absolute Gasteiger partial charge is 0.338 e. The van der Waals surface area contributed by atoms with Crippen LogP contribution in [0, 0.1) is 10.5 Å². The predicted molar refractivity (Wildman–Crippen MR) is 162 cm³/mol. The molecule has 5 aromatic rings. The first kappa shape index (κ1) is 27.8. The van der Waals surface area contributed by atoms with Gasteiger partial charge in [0.1, 0.15) is 35.4 Å². The molecule has 1 saturated heterocycles. The number of aliphatic hydroxyl groups is 2. The first-order chi connectivity index (χ1) is 19.8. The third-order valence-electron chi connectivity index (χ3n) is 7.23. The second-order valence-corrected chi connectivity index (χ2v) is 11.4. The van der Waals surface area contributed by atoms with E-state index in [1.807, 2.05) is 73.7 Å². The van der Waals surface area contributed by atoms with Crippen LogP contribution >= 0.6 is 34.2 Å². The van der Waals surface area contributed by atoms with E-state index < -0.39 is 36.6 Å². The van der Waals surface area contributed by atoms with Gasteiger partial charge >= 0.3 is 5.97 Å². The average Bonchev–Trinajstić information content (AvgIpc) is 3.48. The van der Waals surface area contributed by atoms with Gasteiger partial charge in [-0.05, 0) is 58.3 Å². The lowest BCUT2D eigenvalue weighted by atomic mass is 9.98. The first-order valence-corrected chi connectivity index (χ1v) is 14.4. The summed E-state index contributed by atoms with van der Waals surface area (Å²) in [5, 5.41) is 23.2. The molecule has 208 valence electrons. The summed E-state index contributed by atoms with van der Waals surface area (Å²) < 4.78 is 14.7. The summed E-state index contributed by atoms with van der Waals surface area (Å²) in [5.41, 5.74) is 4.45. The topological polar surface area (TPSA) is 107 Å². The molecule has 1 aliphatic heterocycles. The summed E-state index contributed by atoms with van der Waals surface area (Å²) in [5.74, 6) is -0.579. The van der Waals surface area contributed by atoms with Crippen LogP contribution in [0.3, 0.4) is 0 Å². The third kappa shape index (κ3) is 5.35. The van der Waals surface area contributed by atoms with Crippen molar-refractivity contribution in [2.75, 3.05) is 0 Å². The summed E-state index contributed by atoms with van der Waals surface area (Å²) in [6, 6.07) is 24.4. The number of aromatic nitrogens is 3. The molecule has 3 heterocycles. The lowest BCUT2D eigenvalue weighted by molar-refractivity contribution is -0.0916. The number of benzene rings is 3. The van der Waals surface area contributed by atoms with Crippen molar-refractivity contribution in [3.8, 4) is 11.1 Å². The van der Waals surface area contributed by atoms with Crippen LogP contribution in [0.15, 0.2) is 91.4 Å². The van der Waals surface area contributed by atoms with Gasteiger partial charge in [-0.25, -0.2) is 14.8 Å². The van der Waals surface area contributed by atoms with Gasteiger partial charge in [0.25, 0.3) is 0 Å². The van der Waals surface area contributed by atoms with Crippen LogP contribution in [-0.2, 0) is 9.47 Å². The van der Waals surface area contributed by atoms with Gasteiger partial charge in [-0.2, -0.15) is 0 Å². The molecule has 6 rings (SSSR count). The minimum Gasteiger partial charge on any atom is -0.451 e.